The van der Waals surface area contributed by atoms with E-state index in [0.717, 1.165) is 38.3 Å². The van der Waals surface area contributed by atoms with Gasteiger partial charge in [0.1, 0.15) is 0 Å². The van der Waals surface area contributed by atoms with Crippen LogP contribution in [0.5, 0.6) is 0 Å². The number of hydrogen-bond donors (Lipinski definition) is 1. The van der Waals surface area contributed by atoms with E-state index in [-0.39, 0.29) is 6.04 Å². The summed E-state index contributed by atoms with van der Waals surface area (Å²) in [6, 6.07) is 0.223. The minimum atomic E-state index is 0.223. The zero-order valence-electron chi connectivity index (χ0n) is 9.45. The molecule has 0 bridgehead atoms. The van der Waals surface area contributed by atoms with Gasteiger partial charge in [0, 0.05) is 25.6 Å². The number of likely N-dealkylation sites (tertiary alicyclic amines) is 1. The van der Waals surface area contributed by atoms with Crippen LogP contribution in [0.1, 0.15) is 44.9 Å². The summed E-state index contributed by atoms with van der Waals surface area (Å²) in [5.74, 6) is 1.15. The van der Waals surface area contributed by atoms with Crippen molar-refractivity contribution in [2.75, 3.05) is 13.1 Å². The molecule has 0 aromatic carbocycles. The normalized spacial score (nSPS) is 27.5. The predicted molar refractivity (Wildman–Crippen MR) is 60.4 cm³/mol. The fourth-order valence-corrected chi connectivity index (χ4v) is 2.80. The second-order valence-electron chi connectivity index (χ2n) is 5.08. The van der Waals surface area contributed by atoms with Crippen molar-refractivity contribution >= 4 is 5.91 Å². The Bertz CT molecular complexity index is 224. The maximum atomic E-state index is 11.8. The fourth-order valence-electron chi connectivity index (χ4n) is 2.80. The molecule has 86 valence electrons. The molecular formula is C12H22N2O. The molecule has 1 amide bonds. The number of rotatable bonds is 3. The van der Waals surface area contributed by atoms with Crippen molar-refractivity contribution in [3.8, 4) is 0 Å². The molecule has 3 heteroatoms. The van der Waals surface area contributed by atoms with Crippen LogP contribution in [0.3, 0.4) is 0 Å². The Labute approximate surface area is 92.0 Å². The SMILES string of the molecule is N[C@@H]1CCN(C(=O)CCC2CCCC2)C1. The van der Waals surface area contributed by atoms with E-state index in [1.807, 2.05) is 4.90 Å². The van der Waals surface area contributed by atoms with Gasteiger partial charge in [-0.3, -0.25) is 4.79 Å². The monoisotopic (exact) mass is 210 g/mol. The molecule has 1 atom stereocenters. The van der Waals surface area contributed by atoms with Crippen LogP contribution in [0.2, 0.25) is 0 Å². The second-order valence-corrected chi connectivity index (χ2v) is 5.08. The number of hydrogen-bond acceptors (Lipinski definition) is 2. The van der Waals surface area contributed by atoms with Crippen molar-refractivity contribution in [3.05, 3.63) is 0 Å². The molecule has 3 nitrogen and oxygen atoms in total. The Morgan fingerprint density at radius 3 is 2.60 bits per heavy atom. The van der Waals surface area contributed by atoms with Crippen molar-refractivity contribution in [2.24, 2.45) is 11.7 Å². The summed E-state index contributed by atoms with van der Waals surface area (Å²) >= 11 is 0. The molecule has 0 aromatic rings. The first-order chi connectivity index (χ1) is 7.25. The van der Waals surface area contributed by atoms with E-state index in [1.54, 1.807) is 0 Å². The fraction of sp³-hybridized carbons (Fsp3) is 0.917. The molecule has 2 rings (SSSR count). The van der Waals surface area contributed by atoms with Gasteiger partial charge in [-0.15, -0.1) is 0 Å². The van der Waals surface area contributed by atoms with Gasteiger partial charge in [-0.05, 0) is 18.8 Å². The van der Waals surface area contributed by atoms with Crippen molar-refractivity contribution in [3.63, 3.8) is 0 Å². The molecular weight excluding hydrogens is 188 g/mol. The van der Waals surface area contributed by atoms with Gasteiger partial charge in [0.25, 0.3) is 0 Å². The average Bonchev–Trinajstić information content (AvgIpc) is 2.84. The Balaban J connectivity index is 1.67. The van der Waals surface area contributed by atoms with Gasteiger partial charge >= 0.3 is 0 Å². The van der Waals surface area contributed by atoms with Crippen molar-refractivity contribution in [1.82, 2.24) is 4.90 Å². The van der Waals surface area contributed by atoms with Gasteiger partial charge < -0.3 is 10.6 Å². The van der Waals surface area contributed by atoms with Crippen LogP contribution < -0.4 is 5.73 Å². The highest BCUT2D eigenvalue weighted by molar-refractivity contribution is 5.76. The molecule has 2 aliphatic rings. The third kappa shape index (κ3) is 2.94. The molecule has 2 N–H and O–H groups in total. The minimum Gasteiger partial charge on any atom is -0.341 e. The van der Waals surface area contributed by atoms with E-state index in [2.05, 4.69) is 0 Å². The largest absolute Gasteiger partial charge is 0.341 e. The Morgan fingerprint density at radius 2 is 2.00 bits per heavy atom. The van der Waals surface area contributed by atoms with Gasteiger partial charge in [-0.25, -0.2) is 0 Å². The summed E-state index contributed by atoms with van der Waals surface area (Å²) in [4.78, 5) is 13.8. The van der Waals surface area contributed by atoms with Crippen LogP contribution in [0, 0.1) is 5.92 Å². The molecule has 1 aliphatic heterocycles. The van der Waals surface area contributed by atoms with Gasteiger partial charge in [-0.2, -0.15) is 0 Å². The number of carbonyl (C=O) groups is 1. The molecule has 0 spiro atoms. The zero-order chi connectivity index (χ0) is 10.7. The lowest BCUT2D eigenvalue weighted by Gasteiger charge is -2.17. The summed E-state index contributed by atoms with van der Waals surface area (Å²) in [7, 11) is 0. The van der Waals surface area contributed by atoms with Crippen molar-refractivity contribution in [1.29, 1.82) is 0 Å². The predicted octanol–water partition coefficient (Wildman–Crippen LogP) is 1.52. The highest BCUT2D eigenvalue weighted by atomic mass is 16.2. The van der Waals surface area contributed by atoms with E-state index in [1.165, 1.54) is 25.7 Å². The van der Waals surface area contributed by atoms with Crippen molar-refractivity contribution in [2.45, 2.75) is 51.0 Å². The van der Waals surface area contributed by atoms with E-state index in [0.29, 0.717) is 5.91 Å². The number of carbonyl (C=O) groups excluding carboxylic acids is 1. The van der Waals surface area contributed by atoms with Crippen LogP contribution in [-0.2, 0) is 4.79 Å². The highest BCUT2D eigenvalue weighted by Gasteiger charge is 2.24. The van der Waals surface area contributed by atoms with Gasteiger partial charge in [-0.1, -0.05) is 25.7 Å². The molecule has 1 saturated heterocycles. The van der Waals surface area contributed by atoms with Gasteiger partial charge in [0.2, 0.25) is 5.91 Å². The molecule has 2 fully saturated rings. The lowest BCUT2D eigenvalue weighted by atomic mass is 10.0. The Kier molecular flexibility index (Phi) is 3.62. The minimum absolute atomic E-state index is 0.223. The molecule has 1 aliphatic carbocycles. The summed E-state index contributed by atoms with van der Waals surface area (Å²) in [5, 5.41) is 0. The van der Waals surface area contributed by atoms with Gasteiger partial charge in [0.15, 0.2) is 0 Å². The lowest BCUT2D eigenvalue weighted by molar-refractivity contribution is -0.130. The molecule has 0 radical (unpaired) electrons. The summed E-state index contributed by atoms with van der Waals surface area (Å²) in [6.07, 6.45) is 8.25. The highest BCUT2D eigenvalue weighted by Crippen LogP contribution is 2.28. The van der Waals surface area contributed by atoms with Crippen molar-refractivity contribution < 1.29 is 4.79 Å². The van der Waals surface area contributed by atoms with E-state index < -0.39 is 0 Å². The van der Waals surface area contributed by atoms with Crippen LogP contribution in [0.15, 0.2) is 0 Å². The van der Waals surface area contributed by atoms with Crippen LogP contribution in [-0.4, -0.2) is 29.9 Å². The number of nitrogens with two attached hydrogens (primary N) is 1. The number of amides is 1. The van der Waals surface area contributed by atoms with Crippen LogP contribution in [0.25, 0.3) is 0 Å². The second kappa shape index (κ2) is 4.97. The standard InChI is InChI=1S/C12H22N2O/c13-11-7-8-14(9-11)12(15)6-5-10-3-1-2-4-10/h10-11H,1-9,13H2/t11-/m1/s1. The first kappa shape index (κ1) is 10.9. The third-order valence-corrected chi connectivity index (χ3v) is 3.82. The van der Waals surface area contributed by atoms with E-state index >= 15 is 0 Å². The van der Waals surface area contributed by atoms with Gasteiger partial charge in [0.05, 0.1) is 0 Å². The maximum Gasteiger partial charge on any atom is 0.222 e. The molecule has 15 heavy (non-hydrogen) atoms. The smallest absolute Gasteiger partial charge is 0.222 e. The quantitative estimate of drug-likeness (QED) is 0.767. The van der Waals surface area contributed by atoms with Crippen LogP contribution >= 0.6 is 0 Å². The average molecular weight is 210 g/mol. The molecule has 0 aromatic heterocycles. The molecule has 0 unspecified atom stereocenters. The number of nitrogens with zero attached hydrogens (tertiary/aromatic N) is 1. The van der Waals surface area contributed by atoms with E-state index in [4.69, 9.17) is 5.73 Å². The lowest BCUT2D eigenvalue weighted by Crippen LogP contribution is -2.31. The first-order valence-corrected chi connectivity index (χ1v) is 6.29. The zero-order valence-corrected chi connectivity index (χ0v) is 9.45. The Morgan fingerprint density at radius 1 is 1.27 bits per heavy atom. The third-order valence-electron chi connectivity index (χ3n) is 3.82. The van der Waals surface area contributed by atoms with Crippen LogP contribution in [0.4, 0.5) is 0 Å². The Hall–Kier alpha value is -0.570. The summed E-state index contributed by atoms with van der Waals surface area (Å²) in [5.41, 5.74) is 5.79. The van der Waals surface area contributed by atoms with E-state index in [9.17, 15) is 4.79 Å². The topological polar surface area (TPSA) is 46.3 Å². The summed E-state index contributed by atoms with van der Waals surface area (Å²) in [6.45, 7) is 1.66. The first-order valence-electron chi connectivity index (χ1n) is 6.29. The molecule has 1 heterocycles. The summed E-state index contributed by atoms with van der Waals surface area (Å²) < 4.78 is 0. The maximum absolute atomic E-state index is 11.8. The molecule has 1 saturated carbocycles.